The Morgan fingerprint density at radius 1 is 1.20 bits per heavy atom. The molecule has 25 heavy (non-hydrogen) atoms. The zero-order valence-electron chi connectivity index (χ0n) is 13.4. The van der Waals surface area contributed by atoms with E-state index in [4.69, 9.17) is 5.73 Å². The quantitative estimate of drug-likeness (QED) is 0.803. The number of halogens is 4. The van der Waals surface area contributed by atoms with Gasteiger partial charge in [-0.1, -0.05) is 0 Å². The van der Waals surface area contributed by atoms with Crippen LogP contribution in [-0.2, 0) is 11.0 Å². The van der Waals surface area contributed by atoms with Crippen LogP contribution in [0.5, 0.6) is 0 Å². The molecule has 0 bridgehead atoms. The predicted octanol–water partition coefficient (Wildman–Crippen LogP) is 1.77. The molecule has 138 valence electrons. The Hall–Kier alpha value is -2.16. The van der Waals surface area contributed by atoms with Crippen molar-refractivity contribution in [2.24, 2.45) is 11.7 Å². The van der Waals surface area contributed by atoms with Crippen LogP contribution in [0.3, 0.4) is 0 Å². The third kappa shape index (κ3) is 5.15. The number of hydrogen-bond acceptors (Lipinski definition) is 3. The monoisotopic (exact) mass is 361 g/mol. The van der Waals surface area contributed by atoms with Crippen molar-refractivity contribution in [3.05, 3.63) is 35.1 Å². The molecule has 0 spiro atoms. The highest BCUT2D eigenvalue weighted by atomic mass is 19.4. The van der Waals surface area contributed by atoms with Crippen molar-refractivity contribution >= 4 is 11.8 Å². The van der Waals surface area contributed by atoms with Gasteiger partial charge in [0.2, 0.25) is 5.91 Å². The van der Waals surface area contributed by atoms with E-state index in [9.17, 15) is 27.2 Å². The van der Waals surface area contributed by atoms with Crippen molar-refractivity contribution in [2.45, 2.75) is 19.0 Å². The van der Waals surface area contributed by atoms with Gasteiger partial charge in [0, 0.05) is 25.2 Å². The molecule has 5 nitrogen and oxygen atoms in total. The highest BCUT2D eigenvalue weighted by molar-refractivity contribution is 5.94. The smallest absolute Gasteiger partial charge is 0.352 e. The van der Waals surface area contributed by atoms with Crippen molar-refractivity contribution in [1.29, 1.82) is 0 Å². The predicted molar refractivity (Wildman–Crippen MR) is 82.1 cm³/mol. The highest BCUT2D eigenvalue weighted by Crippen LogP contribution is 2.30. The van der Waals surface area contributed by atoms with Gasteiger partial charge in [0.15, 0.2) is 0 Å². The van der Waals surface area contributed by atoms with Crippen LogP contribution in [0.4, 0.5) is 17.6 Å². The summed E-state index contributed by atoms with van der Waals surface area (Å²) in [7, 11) is 0. The first kappa shape index (κ1) is 19.2. The summed E-state index contributed by atoms with van der Waals surface area (Å²) in [5.41, 5.74) is 3.72. The number of nitrogens with one attached hydrogen (secondary N) is 1. The number of nitrogens with zero attached hydrogens (tertiary/aromatic N) is 1. The third-order valence-corrected chi connectivity index (χ3v) is 4.18. The van der Waals surface area contributed by atoms with Gasteiger partial charge in [-0.25, -0.2) is 4.39 Å². The minimum atomic E-state index is -4.72. The maximum Gasteiger partial charge on any atom is 0.416 e. The first-order valence-electron chi connectivity index (χ1n) is 7.84. The molecule has 1 saturated heterocycles. The number of alkyl halides is 3. The lowest BCUT2D eigenvalue weighted by atomic mass is 9.96. The zero-order valence-corrected chi connectivity index (χ0v) is 13.4. The Bertz CT molecular complexity index is 641. The van der Waals surface area contributed by atoms with E-state index in [1.165, 1.54) is 0 Å². The molecular formula is C16H19F4N3O2. The third-order valence-electron chi connectivity index (χ3n) is 4.18. The Morgan fingerprint density at radius 2 is 1.84 bits per heavy atom. The number of carbonyl (C=O) groups is 2. The van der Waals surface area contributed by atoms with Gasteiger partial charge >= 0.3 is 6.18 Å². The number of carbonyl (C=O) groups excluding carboxylic acids is 2. The lowest BCUT2D eigenvalue weighted by Gasteiger charge is -2.31. The normalized spacial score (nSPS) is 16.0. The van der Waals surface area contributed by atoms with Crippen LogP contribution in [0, 0.1) is 11.7 Å². The molecule has 0 atom stereocenters. The van der Waals surface area contributed by atoms with Crippen LogP contribution in [0.25, 0.3) is 0 Å². The number of rotatable bonds is 4. The fourth-order valence-electron chi connectivity index (χ4n) is 2.74. The summed E-state index contributed by atoms with van der Waals surface area (Å²) < 4.78 is 51.4. The fourth-order valence-corrected chi connectivity index (χ4v) is 2.74. The van der Waals surface area contributed by atoms with Crippen molar-refractivity contribution in [3.63, 3.8) is 0 Å². The molecule has 1 aromatic rings. The van der Waals surface area contributed by atoms with E-state index in [0.29, 0.717) is 38.1 Å². The number of nitrogens with two attached hydrogens (primary N) is 1. The molecule has 1 aliphatic rings. The second-order valence-electron chi connectivity index (χ2n) is 5.96. The Kier molecular flexibility index (Phi) is 5.99. The van der Waals surface area contributed by atoms with Crippen LogP contribution < -0.4 is 11.1 Å². The molecule has 2 rings (SSSR count). The molecule has 0 aliphatic carbocycles. The minimum Gasteiger partial charge on any atom is -0.352 e. The fraction of sp³-hybridized carbons (Fsp3) is 0.500. The van der Waals surface area contributed by atoms with Gasteiger partial charge in [-0.2, -0.15) is 13.2 Å². The summed E-state index contributed by atoms with van der Waals surface area (Å²) in [6.07, 6.45) is -3.41. The van der Waals surface area contributed by atoms with Crippen LogP contribution in [-0.4, -0.2) is 42.9 Å². The van der Waals surface area contributed by atoms with Gasteiger partial charge in [-0.15, -0.1) is 0 Å². The lowest BCUT2D eigenvalue weighted by Crippen LogP contribution is -2.43. The molecule has 2 amide bonds. The van der Waals surface area contributed by atoms with Gasteiger partial charge in [0.25, 0.3) is 5.91 Å². The molecule has 1 aliphatic heterocycles. The average molecular weight is 361 g/mol. The summed E-state index contributed by atoms with van der Waals surface area (Å²) in [6, 6.07) is 1.75. The van der Waals surface area contributed by atoms with Gasteiger partial charge in [-0.3, -0.25) is 9.59 Å². The van der Waals surface area contributed by atoms with E-state index in [-0.39, 0.29) is 30.5 Å². The summed E-state index contributed by atoms with van der Waals surface area (Å²) in [5, 5.41) is 2.53. The van der Waals surface area contributed by atoms with E-state index in [2.05, 4.69) is 5.32 Å². The molecule has 0 unspecified atom stereocenters. The van der Waals surface area contributed by atoms with Crippen molar-refractivity contribution in [3.8, 4) is 0 Å². The molecule has 1 aromatic carbocycles. The van der Waals surface area contributed by atoms with Gasteiger partial charge in [0.1, 0.15) is 5.82 Å². The first-order chi connectivity index (χ1) is 11.7. The van der Waals surface area contributed by atoms with Crippen LogP contribution >= 0.6 is 0 Å². The van der Waals surface area contributed by atoms with Crippen LogP contribution in [0.2, 0.25) is 0 Å². The minimum absolute atomic E-state index is 0.0531. The highest BCUT2D eigenvalue weighted by Gasteiger charge is 2.32. The second-order valence-corrected chi connectivity index (χ2v) is 5.96. The molecule has 0 radical (unpaired) electrons. The summed E-state index contributed by atoms with van der Waals surface area (Å²) >= 11 is 0. The number of hydrogen-bond donors (Lipinski definition) is 2. The van der Waals surface area contributed by atoms with Crippen LogP contribution in [0.15, 0.2) is 18.2 Å². The van der Waals surface area contributed by atoms with E-state index in [1.54, 1.807) is 4.90 Å². The molecular weight excluding hydrogens is 342 g/mol. The lowest BCUT2D eigenvalue weighted by molar-refractivity contribution is -0.137. The summed E-state index contributed by atoms with van der Waals surface area (Å²) in [5.74, 6) is -1.91. The molecule has 0 aromatic heterocycles. The van der Waals surface area contributed by atoms with E-state index in [0.717, 1.165) is 6.07 Å². The SMILES string of the molecule is NCC(=O)N1CCC(CNC(=O)c2cc(F)cc(C(F)(F)F)c2)CC1. The number of benzene rings is 1. The van der Waals surface area contributed by atoms with Gasteiger partial charge in [-0.05, 0) is 37.0 Å². The van der Waals surface area contributed by atoms with Crippen molar-refractivity contribution in [2.75, 3.05) is 26.2 Å². The van der Waals surface area contributed by atoms with Crippen molar-refractivity contribution in [1.82, 2.24) is 10.2 Å². The summed E-state index contributed by atoms with van der Waals surface area (Å²) in [6.45, 7) is 1.24. The van der Waals surface area contributed by atoms with Crippen molar-refractivity contribution < 1.29 is 27.2 Å². The largest absolute Gasteiger partial charge is 0.416 e. The average Bonchev–Trinajstić information content (AvgIpc) is 2.58. The van der Waals surface area contributed by atoms with Crippen LogP contribution in [0.1, 0.15) is 28.8 Å². The summed E-state index contributed by atoms with van der Waals surface area (Å²) in [4.78, 5) is 25.1. The standard InChI is InChI=1S/C16H19F4N3O2/c17-13-6-11(5-12(7-13)16(18,19)20)15(25)22-9-10-1-3-23(4-2-10)14(24)8-21/h5-7,10H,1-4,8-9,21H2,(H,22,25). The topological polar surface area (TPSA) is 75.4 Å². The van der Waals surface area contributed by atoms with E-state index in [1.807, 2.05) is 0 Å². The van der Waals surface area contributed by atoms with Gasteiger partial charge in [0.05, 0.1) is 12.1 Å². The number of amides is 2. The molecule has 1 fully saturated rings. The Morgan fingerprint density at radius 3 is 2.40 bits per heavy atom. The maximum absolute atomic E-state index is 13.3. The van der Waals surface area contributed by atoms with E-state index >= 15 is 0 Å². The first-order valence-corrected chi connectivity index (χ1v) is 7.84. The molecule has 1 heterocycles. The Labute approximate surface area is 142 Å². The zero-order chi connectivity index (χ0) is 18.6. The second kappa shape index (κ2) is 7.81. The Balaban J connectivity index is 1.91. The molecule has 9 heteroatoms. The number of likely N-dealkylation sites (tertiary alicyclic amines) is 1. The molecule has 0 saturated carbocycles. The van der Waals surface area contributed by atoms with Gasteiger partial charge < -0.3 is 16.0 Å². The maximum atomic E-state index is 13.3. The number of piperidine rings is 1. The van der Waals surface area contributed by atoms with E-state index < -0.39 is 23.5 Å². The molecule has 3 N–H and O–H groups in total.